The van der Waals surface area contributed by atoms with E-state index in [0.29, 0.717) is 48.8 Å². The van der Waals surface area contributed by atoms with Gasteiger partial charge in [0.05, 0.1) is 43.0 Å². The Morgan fingerprint density at radius 3 is 2.70 bits per heavy atom. The molecule has 2 aromatic carbocycles. The first kappa shape index (κ1) is 22.7. The highest BCUT2D eigenvalue weighted by Gasteiger charge is 2.23. The number of esters is 1. The third-order valence-electron chi connectivity index (χ3n) is 5.87. The number of benzene rings is 2. The molecule has 0 saturated carbocycles. The summed E-state index contributed by atoms with van der Waals surface area (Å²) in [4.78, 5) is 32.3. The number of carbonyl (C=O) groups is 1. The van der Waals surface area contributed by atoms with E-state index in [1.54, 1.807) is 17.7 Å². The van der Waals surface area contributed by atoms with Crippen molar-refractivity contribution in [3.8, 4) is 0 Å². The minimum absolute atomic E-state index is 0.139. The molecule has 0 aliphatic carbocycles. The van der Waals surface area contributed by atoms with Gasteiger partial charge in [0.1, 0.15) is 11.4 Å². The normalized spacial score (nSPS) is 14.9. The van der Waals surface area contributed by atoms with Crippen LogP contribution in [-0.4, -0.2) is 48.9 Å². The van der Waals surface area contributed by atoms with Crippen molar-refractivity contribution in [3.63, 3.8) is 0 Å². The number of aromatic nitrogens is 2. The smallest absolute Gasteiger partial charge is 0.342 e. The highest BCUT2D eigenvalue weighted by atomic mass is 19.1. The number of hydrogen-bond acceptors (Lipinski definition) is 7. The molecule has 3 aromatic rings. The van der Waals surface area contributed by atoms with E-state index >= 15 is 0 Å². The van der Waals surface area contributed by atoms with Crippen molar-refractivity contribution in [1.82, 2.24) is 9.55 Å². The van der Waals surface area contributed by atoms with Crippen LogP contribution in [0.4, 0.5) is 16.0 Å². The number of carbonyl (C=O) groups excluding carboxylic acids is 1. The lowest BCUT2D eigenvalue weighted by atomic mass is 10.0. The second-order valence-corrected chi connectivity index (χ2v) is 8.15. The summed E-state index contributed by atoms with van der Waals surface area (Å²) < 4.78 is 26.2. The molecule has 0 bridgehead atoms. The molecule has 1 aliphatic heterocycles. The van der Waals surface area contributed by atoms with Gasteiger partial charge >= 0.3 is 5.97 Å². The monoisotopic (exact) mass is 454 g/mol. The van der Waals surface area contributed by atoms with Crippen LogP contribution in [0.2, 0.25) is 0 Å². The van der Waals surface area contributed by atoms with Gasteiger partial charge in [0, 0.05) is 25.7 Å². The highest BCUT2D eigenvalue weighted by molar-refractivity contribution is 5.96. The maximum Gasteiger partial charge on any atom is 0.342 e. The molecule has 0 radical (unpaired) electrons. The average molecular weight is 455 g/mol. The van der Waals surface area contributed by atoms with E-state index in [4.69, 9.17) is 14.5 Å². The van der Waals surface area contributed by atoms with Crippen molar-refractivity contribution >= 4 is 28.5 Å². The van der Waals surface area contributed by atoms with Gasteiger partial charge in [-0.3, -0.25) is 9.36 Å². The molecule has 1 atom stereocenters. The fourth-order valence-electron chi connectivity index (χ4n) is 4.18. The summed E-state index contributed by atoms with van der Waals surface area (Å²) in [5, 5.41) is 3.72. The molecule has 33 heavy (non-hydrogen) atoms. The van der Waals surface area contributed by atoms with E-state index < -0.39 is 11.8 Å². The zero-order chi connectivity index (χ0) is 23.7. The second kappa shape index (κ2) is 9.19. The van der Waals surface area contributed by atoms with Gasteiger partial charge in [-0.15, -0.1) is 0 Å². The number of morpholine rings is 1. The van der Waals surface area contributed by atoms with Gasteiger partial charge in [-0.05, 0) is 37.6 Å². The number of fused-ring (bicyclic) bond motifs is 1. The Hall–Kier alpha value is -3.46. The van der Waals surface area contributed by atoms with Gasteiger partial charge in [0.15, 0.2) is 0 Å². The Balaban J connectivity index is 1.82. The third kappa shape index (κ3) is 4.28. The van der Waals surface area contributed by atoms with Gasteiger partial charge in [-0.2, -0.15) is 0 Å². The summed E-state index contributed by atoms with van der Waals surface area (Å²) in [7, 11) is 2.93. The van der Waals surface area contributed by atoms with E-state index in [2.05, 4.69) is 5.32 Å². The molecule has 0 amide bonds. The summed E-state index contributed by atoms with van der Waals surface area (Å²) in [5.74, 6) is -0.859. The number of hydrogen-bond donors (Lipinski definition) is 1. The molecule has 9 heteroatoms. The van der Waals surface area contributed by atoms with Crippen molar-refractivity contribution in [2.24, 2.45) is 7.05 Å². The Morgan fingerprint density at radius 2 is 2.00 bits per heavy atom. The summed E-state index contributed by atoms with van der Waals surface area (Å²) in [5.41, 5.74) is 2.25. The van der Waals surface area contributed by atoms with Crippen molar-refractivity contribution in [2.75, 3.05) is 43.6 Å². The minimum atomic E-state index is -0.765. The Kier molecular flexibility index (Phi) is 6.33. The summed E-state index contributed by atoms with van der Waals surface area (Å²) in [6, 6.07) is 7.75. The fourth-order valence-corrected chi connectivity index (χ4v) is 4.18. The number of aryl methyl sites for hydroxylation is 1. The van der Waals surface area contributed by atoms with Gasteiger partial charge < -0.3 is 19.7 Å². The first-order valence-electron chi connectivity index (χ1n) is 10.8. The van der Waals surface area contributed by atoms with E-state index in [-0.39, 0.29) is 17.2 Å². The van der Waals surface area contributed by atoms with E-state index in [0.717, 1.165) is 11.1 Å². The number of ether oxygens (including phenoxy) is 2. The Labute approximate surface area is 190 Å². The first-order valence-corrected chi connectivity index (χ1v) is 10.8. The van der Waals surface area contributed by atoms with Crippen LogP contribution in [0.1, 0.15) is 34.5 Å². The number of halogens is 1. The van der Waals surface area contributed by atoms with Crippen LogP contribution < -0.4 is 15.8 Å². The molecule has 2 heterocycles. The van der Waals surface area contributed by atoms with E-state index in [1.165, 1.54) is 19.2 Å². The highest BCUT2D eigenvalue weighted by Crippen LogP contribution is 2.30. The molecular weight excluding hydrogens is 427 g/mol. The van der Waals surface area contributed by atoms with Crippen molar-refractivity contribution < 1.29 is 18.7 Å². The van der Waals surface area contributed by atoms with Gasteiger partial charge in [-0.1, -0.05) is 12.1 Å². The number of rotatable bonds is 5. The third-order valence-corrected chi connectivity index (χ3v) is 5.87. The molecule has 0 spiro atoms. The average Bonchev–Trinajstić information content (AvgIpc) is 2.81. The zero-order valence-corrected chi connectivity index (χ0v) is 19.1. The van der Waals surface area contributed by atoms with Crippen LogP contribution in [0.5, 0.6) is 0 Å². The molecular formula is C24H27FN4O4. The molecule has 1 fully saturated rings. The standard InChI is InChI=1S/C24H27FN4O4/c1-14-12-16(15(2)26-19-7-5-6-18(25)20(19)23(31)32-4)21-17(13-14)22(30)28(3)24(27-21)29-8-10-33-11-9-29/h5-7,12-13,15,26H,8-11H2,1-4H3. The van der Waals surface area contributed by atoms with Gasteiger partial charge in [0.25, 0.3) is 5.56 Å². The summed E-state index contributed by atoms with van der Waals surface area (Å²) >= 11 is 0. The molecule has 1 aromatic heterocycles. The van der Waals surface area contributed by atoms with Crippen molar-refractivity contribution in [2.45, 2.75) is 19.9 Å². The number of methoxy groups -OCH3 is 1. The maximum atomic E-state index is 14.4. The molecule has 1 aliphatic rings. The summed E-state index contributed by atoms with van der Waals surface area (Å²) in [6.07, 6.45) is 0. The maximum absolute atomic E-state index is 14.4. The largest absolute Gasteiger partial charge is 0.465 e. The lowest BCUT2D eigenvalue weighted by Gasteiger charge is -2.29. The zero-order valence-electron chi connectivity index (χ0n) is 19.1. The van der Waals surface area contributed by atoms with E-state index in [9.17, 15) is 14.0 Å². The lowest BCUT2D eigenvalue weighted by molar-refractivity contribution is 0.0596. The molecule has 1 unspecified atom stereocenters. The van der Waals surface area contributed by atoms with Crippen LogP contribution in [0.15, 0.2) is 35.1 Å². The van der Waals surface area contributed by atoms with Crippen LogP contribution in [0.3, 0.4) is 0 Å². The second-order valence-electron chi connectivity index (χ2n) is 8.15. The van der Waals surface area contributed by atoms with Crippen LogP contribution in [-0.2, 0) is 16.5 Å². The Bertz CT molecular complexity index is 1270. The summed E-state index contributed by atoms with van der Waals surface area (Å²) in [6.45, 7) is 6.23. The topological polar surface area (TPSA) is 85.7 Å². The number of anilines is 2. The predicted molar refractivity (Wildman–Crippen MR) is 125 cm³/mol. The Morgan fingerprint density at radius 1 is 1.27 bits per heavy atom. The number of nitrogens with zero attached hydrogens (tertiary/aromatic N) is 3. The van der Waals surface area contributed by atoms with Gasteiger partial charge in [0.2, 0.25) is 5.95 Å². The quantitative estimate of drug-likeness (QED) is 0.593. The van der Waals surface area contributed by atoms with Crippen LogP contribution >= 0.6 is 0 Å². The van der Waals surface area contributed by atoms with Crippen molar-refractivity contribution in [3.05, 3.63) is 63.2 Å². The van der Waals surface area contributed by atoms with Crippen molar-refractivity contribution in [1.29, 1.82) is 0 Å². The van der Waals surface area contributed by atoms with Gasteiger partial charge in [-0.25, -0.2) is 14.2 Å². The predicted octanol–water partition coefficient (Wildman–Crippen LogP) is 3.18. The van der Waals surface area contributed by atoms with E-state index in [1.807, 2.05) is 30.9 Å². The fraction of sp³-hybridized carbons (Fsp3) is 0.375. The molecule has 1 saturated heterocycles. The molecule has 174 valence electrons. The lowest BCUT2D eigenvalue weighted by Crippen LogP contribution is -2.40. The molecule has 1 N–H and O–H groups in total. The van der Waals surface area contributed by atoms with Crippen LogP contribution in [0, 0.1) is 12.7 Å². The van der Waals surface area contributed by atoms with Crippen LogP contribution in [0.25, 0.3) is 10.9 Å². The minimum Gasteiger partial charge on any atom is -0.465 e. The molecule has 4 rings (SSSR count). The SMILES string of the molecule is COC(=O)c1c(F)cccc1NC(C)c1cc(C)cc2c(=O)n(C)c(N3CCOCC3)nc12. The molecule has 8 nitrogen and oxygen atoms in total. The first-order chi connectivity index (χ1) is 15.8. The number of nitrogens with one attached hydrogen (secondary N) is 1.